The van der Waals surface area contributed by atoms with Gasteiger partial charge in [0, 0.05) is 62.0 Å². The van der Waals surface area contributed by atoms with Crippen LogP contribution in [0.2, 0.25) is 0 Å². The Hall–Kier alpha value is -3.37. The number of fused-ring (bicyclic) bond motifs is 1. The van der Waals surface area contributed by atoms with E-state index < -0.39 is 40.5 Å². The molecule has 0 radical (unpaired) electrons. The number of rotatable bonds is 16. The fraction of sp³-hybridized carbons (Fsp3) is 0.791. The summed E-state index contributed by atoms with van der Waals surface area (Å²) in [6.45, 7) is 20.9. The third-order valence-corrected chi connectivity index (χ3v) is 15.0. The van der Waals surface area contributed by atoms with E-state index in [-0.39, 0.29) is 70.2 Å². The Morgan fingerprint density at radius 3 is 2.00 bits per heavy atom. The molecule has 1 unspecified atom stereocenters. The molecule has 3 aliphatic carbocycles. The second-order valence-corrected chi connectivity index (χ2v) is 20.6. The zero-order chi connectivity index (χ0) is 40.2. The van der Waals surface area contributed by atoms with Crippen LogP contribution in [0.15, 0.2) is 18.5 Å². The van der Waals surface area contributed by atoms with Crippen molar-refractivity contribution in [3.05, 3.63) is 18.5 Å². The van der Waals surface area contributed by atoms with Gasteiger partial charge in [-0.25, -0.2) is 0 Å². The summed E-state index contributed by atoms with van der Waals surface area (Å²) in [6.07, 6.45) is 10.8. The van der Waals surface area contributed by atoms with Crippen LogP contribution in [0.4, 0.5) is 0 Å². The predicted octanol–water partition coefficient (Wildman–Crippen LogP) is 6.03. The molecular weight excluding hydrogens is 683 g/mol. The molecule has 3 amide bonds. The molecule has 5 atom stereocenters. The van der Waals surface area contributed by atoms with Crippen LogP contribution in [0, 0.1) is 50.7 Å². The van der Waals surface area contributed by atoms with Crippen molar-refractivity contribution in [3.8, 4) is 0 Å². The fourth-order valence-electron chi connectivity index (χ4n) is 10.5. The molecule has 4 aliphatic rings. The molecule has 3 N–H and O–H groups in total. The number of Topliss-reactive ketones (excluding diaryl/α,β-unsaturated/α-hetero) is 3. The Balaban J connectivity index is 1.36. The van der Waals surface area contributed by atoms with Gasteiger partial charge in [0.25, 0.3) is 5.91 Å². The zero-order valence-electron chi connectivity index (χ0n) is 34.7. The number of hydrogen-bond donors (Lipinski definition) is 2. The third-order valence-electron chi connectivity index (χ3n) is 15.0. The minimum absolute atomic E-state index is 0.0189. The van der Waals surface area contributed by atoms with Crippen molar-refractivity contribution < 1.29 is 28.8 Å². The first-order valence-electron chi connectivity index (χ1n) is 20.4. The van der Waals surface area contributed by atoms with Crippen molar-refractivity contribution in [1.82, 2.24) is 20.0 Å². The van der Waals surface area contributed by atoms with E-state index in [4.69, 9.17) is 5.73 Å². The Kier molecular flexibility index (Phi) is 11.3. The number of likely N-dealkylation sites (tertiary alicyclic amines) is 1. The number of nitrogens with zero attached hydrogens (tertiary/aromatic N) is 3. The van der Waals surface area contributed by atoms with Crippen LogP contribution in [-0.2, 0) is 34.3 Å². The molecule has 3 saturated carbocycles. The Labute approximate surface area is 322 Å². The molecule has 1 aliphatic heterocycles. The van der Waals surface area contributed by atoms with Crippen LogP contribution in [0.5, 0.6) is 0 Å². The van der Waals surface area contributed by atoms with Crippen molar-refractivity contribution in [2.45, 2.75) is 151 Å². The molecule has 2 spiro atoms. The summed E-state index contributed by atoms with van der Waals surface area (Å²) in [5, 5.41) is 7.31. The van der Waals surface area contributed by atoms with E-state index in [0.717, 1.165) is 38.5 Å². The van der Waals surface area contributed by atoms with E-state index in [1.807, 2.05) is 20.8 Å². The molecule has 1 aromatic heterocycles. The van der Waals surface area contributed by atoms with Crippen molar-refractivity contribution in [3.63, 3.8) is 0 Å². The molecule has 0 aromatic carbocycles. The average molecular weight is 750 g/mol. The van der Waals surface area contributed by atoms with Crippen LogP contribution < -0.4 is 11.1 Å². The van der Waals surface area contributed by atoms with Crippen molar-refractivity contribution in [1.29, 1.82) is 0 Å². The van der Waals surface area contributed by atoms with Crippen LogP contribution in [0.25, 0.3) is 0 Å². The molecule has 4 fully saturated rings. The van der Waals surface area contributed by atoms with Gasteiger partial charge in [0.05, 0.1) is 6.04 Å². The second-order valence-electron chi connectivity index (χ2n) is 20.6. The van der Waals surface area contributed by atoms with Crippen molar-refractivity contribution in [2.24, 2.45) is 56.5 Å². The van der Waals surface area contributed by atoms with Gasteiger partial charge in [-0.05, 0) is 79.1 Å². The van der Waals surface area contributed by atoms with E-state index in [0.29, 0.717) is 31.8 Å². The lowest BCUT2D eigenvalue weighted by Crippen LogP contribution is -2.48. The van der Waals surface area contributed by atoms with Gasteiger partial charge < -0.3 is 16.0 Å². The summed E-state index contributed by atoms with van der Waals surface area (Å²) in [6, 6.07) is 1.05. The molecule has 1 saturated heterocycles. The molecule has 1 aromatic rings. The first-order chi connectivity index (χ1) is 24.9. The topological polar surface area (TPSA) is 162 Å². The van der Waals surface area contributed by atoms with Gasteiger partial charge in [-0.3, -0.25) is 33.4 Å². The lowest BCUT2D eigenvalue weighted by molar-refractivity contribution is -0.147. The lowest BCUT2D eigenvalue weighted by Gasteiger charge is -2.36. The number of ketones is 3. The number of nitrogens with two attached hydrogens (primary N) is 1. The molecule has 300 valence electrons. The number of primary amides is 1. The normalized spacial score (nSPS) is 25.0. The zero-order valence-corrected chi connectivity index (χ0v) is 34.7. The van der Waals surface area contributed by atoms with E-state index in [9.17, 15) is 28.8 Å². The van der Waals surface area contributed by atoms with Crippen LogP contribution in [-0.4, -0.2) is 68.9 Å². The second kappa shape index (κ2) is 14.6. The quantitative estimate of drug-likeness (QED) is 0.195. The van der Waals surface area contributed by atoms with Gasteiger partial charge in [0.1, 0.15) is 11.3 Å². The van der Waals surface area contributed by atoms with E-state index in [1.54, 1.807) is 41.9 Å². The largest absolute Gasteiger partial charge is 0.363 e. The average Bonchev–Trinajstić information content (AvgIpc) is 3.52. The molecule has 54 heavy (non-hydrogen) atoms. The molecule has 11 heteroatoms. The van der Waals surface area contributed by atoms with Gasteiger partial charge in [-0.1, -0.05) is 81.1 Å². The third kappa shape index (κ3) is 7.46. The number of carbonyl (C=O) groups excluding carboxylic acids is 6. The number of nitrogens with one attached hydrogen (secondary N) is 1. The maximum Gasteiger partial charge on any atom is 0.285 e. The number of carbonyl (C=O) groups is 6. The standard InChI is InChI=1S/C43H67N5O6/c1-38(2,3)29(25-45-37(54)40(7,8)48-19-13-18-46-48)22-30(49)23-31(39(4,5)6)36(53)47-26-43(41(9,10)42(43)16-12-17-42)24-32(47)33(50)21-28(34(51)35(44)52)20-27-14-11-15-27/h13,18-19,27-29,31-32H,11-12,14-17,20-26H2,1-10H3,(H2,44,52)(H,45,54)/t28?,29-,31-,32+,43-/m1/s1. The van der Waals surface area contributed by atoms with Crippen molar-refractivity contribution in [2.75, 3.05) is 13.1 Å². The first-order valence-corrected chi connectivity index (χ1v) is 20.4. The van der Waals surface area contributed by atoms with Crippen LogP contribution in [0.1, 0.15) is 140 Å². The maximum atomic E-state index is 15.0. The molecule has 0 bridgehead atoms. The summed E-state index contributed by atoms with van der Waals surface area (Å²) in [4.78, 5) is 83.7. The number of aromatic nitrogens is 2. The smallest absolute Gasteiger partial charge is 0.285 e. The van der Waals surface area contributed by atoms with E-state index in [1.165, 1.54) is 0 Å². The van der Waals surface area contributed by atoms with Gasteiger partial charge in [0.2, 0.25) is 17.6 Å². The summed E-state index contributed by atoms with van der Waals surface area (Å²) < 4.78 is 1.61. The fourth-order valence-corrected chi connectivity index (χ4v) is 10.5. The monoisotopic (exact) mass is 750 g/mol. The van der Waals surface area contributed by atoms with Gasteiger partial charge in [-0.2, -0.15) is 5.10 Å². The SMILES string of the molecule is CC(C)(C)[C@@H](CNC(=O)C(C)(C)n1cccn1)CC(=O)C[C@H](C(=O)N1C[C@]2(C[C@H]1C(=O)CC(CC1CCC1)C(=O)C(N)=O)C(C)(C)C21CCC1)C(C)(C)C. The van der Waals surface area contributed by atoms with Gasteiger partial charge in [0.15, 0.2) is 5.78 Å². The lowest BCUT2D eigenvalue weighted by atomic mass is 9.73. The minimum Gasteiger partial charge on any atom is -0.363 e. The van der Waals surface area contributed by atoms with Crippen LogP contribution >= 0.6 is 0 Å². The minimum atomic E-state index is -1.01. The van der Waals surface area contributed by atoms with Gasteiger partial charge >= 0.3 is 0 Å². The summed E-state index contributed by atoms with van der Waals surface area (Å²) >= 11 is 0. The molecule has 2 heterocycles. The predicted molar refractivity (Wildman–Crippen MR) is 207 cm³/mol. The highest BCUT2D eigenvalue weighted by Crippen LogP contribution is 2.88. The Morgan fingerprint density at radius 1 is 0.889 bits per heavy atom. The Bertz CT molecular complexity index is 1620. The number of hydrogen-bond acceptors (Lipinski definition) is 7. The summed E-state index contributed by atoms with van der Waals surface area (Å²) in [5.41, 5.74) is 3.47. The number of amides is 3. The maximum absolute atomic E-state index is 15.0. The molecule has 5 rings (SSSR count). The van der Waals surface area contributed by atoms with Crippen molar-refractivity contribution >= 4 is 35.1 Å². The molecule has 11 nitrogen and oxygen atoms in total. The summed E-state index contributed by atoms with van der Waals surface area (Å²) in [7, 11) is 0. The summed E-state index contributed by atoms with van der Waals surface area (Å²) in [5.74, 6) is -3.70. The molecular formula is C43H67N5O6. The van der Waals surface area contributed by atoms with E-state index in [2.05, 4.69) is 45.0 Å². The van der Waals surface area contributed by atoms with Gasteiger partial charge in [-0.15, -0.1) is 0 Å². The highest BCUT2D eigenvalue weighted by atomic mass is 16.2. The van der Waals surface area contributed by atoms with Crippen LogP contribution in [0.3, 0.4) is 0 Å². The van der Waals surface area contributed by atoms with E-state index >= 15 is 0 Å². The first kappa shape index (κ1) is 41.8. The Morgan fingerprint density at radius 2 is 1.54 bits per heavy atom. The highest BCUT2D eigenvalue weighted by molar-refractivity contribution is 6.36. The highest BCUT2D eigenvalue weighted by Gasteiger charge is 2.85.